The quantitative estimate of drug-likeness (QED) is 0.805. The predicted molar refractivity (Wildman–Crippen MR) is 98.5 cm³/mol. The fourth-order valence-electron chi connectivity index (χ4n) is 2.54. The van der Waals surface area contributed by atoms with Crippen molar-refractivity contribution in [2.24, 2.45) is 5.73 Å². The van der Waals surface area contributed by atoms with E-state index in [1.54, 1.807) is 0 Å². The SMILES string of the molecule is CN(C)CCN(Cc1cccc(CN)c1)Cc1ccccc1Cl. The second-order valence-corrected chi connectivity index (χ2v) is 6.54. The third-order valence-electron chi connectivity index (χ3n) is 3.85. The van der Waals surface area contributed by atoms with Gasteiger partial charge in [-0.25, -0.2) is 0 Å². The molecule has 0 amide bonds. The highest BCUT2D eigenvalue weighted by molar-refractivity contribution is 6.31. The van der Waals surface area contributed by atoms with Crippen molar-refractivity contribution in [2.75, 3.05) is 27.2 Å². The highest BCUT2D eigenvalue weighted by Crippen LogP contribution is 2.18. The van der Waals surface area contributed by atoms with Crippen molar-refractivity contribution in [1.29, 1.82) is 0 Å². The molecule has 124 valence electrons. The Hall–Kier alpha value is -1.39. The molecule has 4 heteroatoms. The van der Waals surface area contributed by atoms with Crippen LogP contribution in [0, 0.1) is 0 Å². The van der Waals surface area contributed by atoms with Crippen molar-refractivity contribution in [3.63, 3.8) is 0 Å². The van der Waals surface area contributed by atoms with Crippen LogP contribution in [0.25, 0.3) is 0 Å². The van der Waals surface area contributed by atoms with Gasteiger partial charge in [0.1, 0.15) is 0 Å². The molecule has 23 heavy (non-hydrogen) atoms. The lowest BCUT2D eigenvalue weighted by Gasteiger charge is -2.25. The highest BCUT2D eigenvalue weighted by Gasteiger charge is 2.10. The molecule has 2 aromatic carbocycles. The number of nitrogens with zero attached hydrogens (tertiary/aromatic N) is 2. The average molecular weight is 332 g/mol. The van der Waals surface area contributed by atoms with Crippen LogP contribution in [0.5, 0.6) is 0 Å². The average Bonchev–Trinajstić information content (AvgIpc) is 2.55. The van der Waals surface area contributed by atoms with Gasteiger partial charge in [-0.1, -0.05) is 54.1 Å². The Morgan fingerprint density at radius 3 is 2.35 bits per heavy atom. The molecule has 2 aromatic rings. The molecule has 0 atom stereocenters. The van der Waals surface area contributed by atoms with E-state index >= 15 is 0 Å². The first kappa shape index (κ1) is 18.0. The van der Waals surface area contributed by atoms with Gasteiger partial charge in [-0.3, -0.25) is 4.90 Å². The Labute approximate surface area is 144 Å². The largest absolute Gasteiger partial charge is 0.326 e. The predicted octanol–water partition coefficient (Wildman–Crippen LogP) is 3.36. The van der Waals surface area contributed by atoms with Crippen LogP contribution in [0.1, 0.15) is 16.7 Å². The first-order chi connectivity index (χ1) is 11.1. The first-order valence-corrected chi connectivity index (χ1v) is 8.34. The van der Waals surface area contributed by atoms with Gasteiger partial charge in [0, 0.05) is 37.7 Å². The van der Waals surface area contributed by atoms with Gasteiger partial charge in [0.05, 0.1) is 0 Å². The van der Waals surface area contributed by atoms with E-state index in [0.29, 0.717) is 6.54 Å². The fourth-order valence-corrected chi connectivity index (χ4v) is 2.73. The lowest BCUT2D eigenvalue weighted by molar-refractivity contribution is 0.226. The number of hydrogen-bond donors (Lipinski definition) is 1. The van der Waals surface area contributed by atoms with E-state index in [0.717, 1.165) is 31.2 Å². The lowest BCUT2D eigenvalue weighted by Crippen LogP contribution is -2.31. The Bertz CT molecular complexity index is 613. The summed E-state index contributed by atoms with van der Waals surface area (Å²) in [6.07, 6.45) is 0. The van der Waals surface area contributed by atoms with Crippen LogP contribution >= 0.6 is 11.6 Å². The van der Waals surface area contributed by atoms with Crippen LogP contribution < -0.4 is 5.73 Å². The molecule has 0 aliphatic carbocycles. The summed E-state index contributed by atoms with van der Waals surface area (Å²) in [4.78, 5) is 4.63. The van der Waals surface area contributed by atoms with Crippen LogP contribution in [-0.2, 0) is 19.6 Å². The molecule has 0 aliphatic rings. The van der Waals surface area contributed by atoms with Crippen LogP contribution in [-0.4, -0.2) is 37.0 Å². The Kier molecular flexibility index (Phi) is 7.06. The monoisotopic (exact) mass is 331 g/mol. The second-order valence-electron chi connectivity index (χ2n) is 6.13. The normalized spacial score (nSPS) is 11.4. The van der Waals surface area contributed by atoms with Crippen LogP contribution in [0.2, 0.25) is 5.02 Å². The Balaban J connectivity index is 2.11. The minimum Gasteiger partial charge on any atom is -0.326 e. The third-order valence-corrected chi connectivity index (χ3v) is 4.22. The van der Waals surface area contributed by atoms with Crippen molar-refractivity contribution >= 4 is 11.6 Å². The number of nitrogens with two attached hydrogens (primary N) is 1. The summed E-state index contributed by atoms with van der Waals surface area (Å²) >= 11 is 6.33. The summed E-state index contributed by atoms with van der Waals surface area (Å²) in [5.74, 6) is 0. The Morgan fingerprint density at radius 1 is 0.913 bits per heavy atom. The van der Waals surface area contributed by atoms with E-state index in [1.165, 1.54) is 16.7 Å². The van der Waals surface area contributed by atoms with Crippen LogP contribution in [0.4, 0.5) is 0 Å². The van der Waals surface area contributed by atoms with E-state index in [-0.39, 0.29) is 0 Å². The van der Waals surface area contributed by atoms with Crippen molar-refractivity contribution in [2.45, 2.75) is 19.6 Å². The number of halogens is 1. The summed E-state index contributed by atoms with van der Waals surface area (Å²) < 4.78 is 0. The molecule has 0 spiro atoms. The van der Waals surface area contributed by atoms with Gasteiger partial charge in [0.15, 0.2) is 0 Å². The zero-order valence-corrected chi connectivity index (χ0v) is 14.8. The van der Waals surface area contributed by atoms with Gasteiger partial charge in [0.25, 0.3) is 0 Å². The lowest BCUT2D eigenvalue weighted by atomic mass is 10.1. The van der Waals surface area contributed by atoms with Crippen LogP contribution in [0.3, 0.4) is 0 Å². The summed E-state index contributed by atoms with van der Waals surface area (Å²) in [7, 11) is 4.20. The van der Waals surface area contributed by atoms with Crippen LogP contribution in [0.15, 0.2) is 48.5 Å². The smallest absolute Gasteiger partial charge is 0.0451 e. The standard InChI is InChI=1S/C19H26ClN3/c1-22(2)10-11-23(15-18-8-3-4-9-19(18)20)14-17-7-5-6-16(12-17)13-21/h3-9,12H,10-11,13-15,21H2,1-2H3. The van der Waals surface area contributed by atoms with Crippen molar-refractivity contribution in [3.8, 4) is 0 Å². The van der Waals surface area contributed by atoms with Gasteiger partial charge in [-0.15, -0.1) is 0 Å². The number of rotatable bonds is 8. The summed E-state index contributed by atoms with van der Waals surface area (Å²) in [6.45, 7) is 4.33. The summed E-state index contributed by atoms with van der Waals surface area (Å²) in [5, 5.41) is 0.832. The summed E-state index contributed by atoms with van der Waals surface area (Å²) in [6, 6.07) is 16.6. The first-order valence-electron chi connectivity index (χ1n) is 7.97. The van der Waals surface area contributed by atoms with E-state index < -0.39 is 0 Å². The number of likely N-dealkylation sites (N-methyl/N-ethyl adjacent to an activating group) is 1. The molecule has 0 radical (unpaired) electrons. The molecule has 0 bridgehead atoms. The maximum atomic E-state index is 6.33. The van der Waals surface area contributed by atoms with Crippen molar-refractivity contribution in [1.82, 2.24) is 9.80 Å². The molecule has 0 aliphatic heterocycles. The molecule has 0 saturated carbocycles. The molecular weight excluding hydrogens is 306 g/mol. The minimum atomic E-state index is 0.579. The van der Waals surface area contributed by atoms with Gasteiger partial charge >= 0.3 is 0 Å². The van der Waals surface area contributed by atoms with Gasteiger partial charge in [0.2, 0.25) is 0 Å². The maximum Gasteiger partial charge on any atom is 0.0451 e. The fraction of sp³-hybridized carbons (Fsp3) is 0.368. The Morgan fingerprint density at radius 2 is 1.65 bits per heavy atom. The van der Waals surface area contributed by atoms with Crippen molar-refractivity contribution < 1.29 is 0 Å². The van der Waals surface area contributed by atoms with Gasteiger partial charge < -0.3 is 10.6 Å². The number of benzene rings is 2. The van der Waals surface area contributed by atoms with Gasteiger partial charge in [-0.2, -0.15) is 0 Å². The highest BCUT2D eigenvalue weighted by atomic mass is 35.5. The molecule has 0 saturated heterocycles. The topological polar surface area (TPSA) is 32.5 Å². The molecule has 0 heterocycles. The summed E-state index contributed by atoms with van der Waals surface area (Å²) in [5.41, 5.74) is 9.39. The van der Waals surface area contributed by atoms with E-state index in [1.807, 2.05) is 18.2 Å². The van der Waals surface area contributed by atoms with Crippen molar-refractivity contribution in [3.05, 3.63) is 70.2 Å². The zero-order valence-electron chi connectivity index (χ0n) is 14.0. The van der Waals surface area contributed by atoms with Gasteiger partial charge in [-0.05, 0) is 36.9 Å². The molecular formula is C19H26ClN3. The molecule has 2 N–H and O–H groups in total. The third kappa shape index (κ3) is 5.96. The molecule has 0 unspecified atom stereocenters. The molecule has 0 fully saturated rings. The molecule has 2 rings (SSSR count). The van der Waals surface area contributed by atoms with E-state index in [4.69, 9.17) is 17.3 Å². The molecule has 0 aromatic heterocycles. The van der Waals surface area contributed by atoms with E-state index in [2.05, 4.69) is 54.2 Å². The minimum absolute atomic E-state index is 0.579. The van der Waals surface area contributed by atoms with E-state index in [9.17, 15) is 0 Å². The maximum absolute atomic E-state index is 6.33. The zero-order chi connectivity index (χ0) is 16.7. The second kappa shape index (κ2) is 9.04. The number of hydrogen-bond acceptors (Lipinski definition) is 3. The molecule has 3 nitrogen and oxygen atoms in total.